The molecule has 1 fully saturated rings. The molecule has 1 N–H and O–H groups in total. The van der Waals surface area contributed by atoms with Crippen molar-refractivity contribution in [1.29, 1.82) is 0 Å². The van der Waals surface area contributed by atoms with Crippen LogP contribution in [-0.4, -0.2) is 30.2 Å². The molecule has 2 heterocycles. The summed E-state index contributed by atoms with van der Waals surface area (Å²) >= 11 is 0. The number of hydrogen-bond acceptors (Lipinski definition) is 8. The van der Waals surface area contributed by atoms with Gasteiger partial charge in [-0.3, -0.25) is 4.57 Å². The summed E-state index contributed by atoms with van der Waals surface area (Å²) in [4.78, 5) is 16.7. The Balaban J connectivity index is 1.35. The lowest BCUT2D eigenvalue weighted by atomic mass is 10.2. The van der Waals surface area contributed by atoms with Crippen molar-refractivity contribution in [3.8, 4) is 5.75 Å². The number of nitrogens with zero attached hydrogens (tertiary/aromatic N) is 3. The molecule has 0 atom stereocenters. The lowest BCUT2D eigenvalue weighted by Gasteiger charge is -2.08. The number of hydrogen-bond donors (Lipinski definition) is 1. The zero-order valence-corrected chi connectivity index (χ0v) is 18.0. The minimum absolute atomic E-state index is 0.00464. The molecule has 1 aliphatic carbocycles. The van der Waals surface area contributed by atoms with E-state index < -0.39 is 15.8 Å². The van der Waals surface area contributed by atoms with Crippen molar-refractivity contribution in [3.05, 3.63) is 70.3 Å². The molecule has 5 rings (SSSR count). The zero-order chi connectivity index (χ0) is 22.3. The number of aromatic nitrogens is 3. The Morgan fingerprint density at radius 1 is 1.19 bits per heavy atom. The maximum Gasteiger partial charge on any atom is 0.420 e. The molecule has 10 nitrogen and oxygen atoms in total. The Kier molecular flexibility index (Phi) is 5.06. The van der Waals surface area contributed by atoms with Gasteiger partial charge in [0.05, 0.1) is 24.1 Å². The molecule has 0 aliphatic heterocycles. The van der Waals surface area contributed by atoms with Crippen LogP contribution in [0.1, 0.15) is 36.0 Å². The first-order valence-corrected chi connectivity index (χ1v) is 11.5. The lowest BCUT2D eigenvalue weighted by molar-refractivity contribution is 0.372. The third kappa shape index (κ3) is 4.04. The van der Waals surface area contributed by atoms with Crippen LogP contribution in [0.15, 0.2) is 61.1 Å². The first-order valence-electron chi connectivity index (χ1n) is 10.0. The summed E-state index contributed by atoms with van der Waals surface area (Å²) in [5.41, 5.74) is 1.38. The minimum Gasteiger partial charge on any atom is -0.497 e. The fourth-order valence-corrected chi connectivity index (χ4v) is 4.37. The van der Waals surface area contributed by atoms with Crippen molar-refractivity contribution >= 4 is 21.1 Å². The Bertz CT molecular complexity index is 1430. The molecule has 166 valence electrons. The molecule has 4 aromatic rings. The van der Waals surface area contributed by atoms with Crippen LogP contribution in [0.25, 0.3) is 11.1 Å². The monoisotopic (exact) mass is 456 g/mol. The number of fused-ring (bicyclic) bond motifs is 1. The Morgan fingerprint density at radius 3 is 2.69 bits per heavy atom. The topological polar surface area (TPSA) is 129 Å². The van der Waals surface area contributed by atoms with Crippen molar-refractivity contribution in [2.75, 3.05) is 7.11 Å². The highest BCUT2D eigenvalue weighted by atomic mass is 32.2. The second-order valence-corrected chi connectivity index (χ2v) is 9.35. The number of oxazole rings is 1. The maximum atomic E-state index is 12.7. The number of benzene rings is 2. The predicted octanol–water partition coefficient (Wildman–Crippen LogP) is 2.39. The first kappa shape index (κ1) is 20.5. The Morgan fingerprint density at radius 2 is 1.97 bits per heavy atom. The molecule has 1 saturated carbocycles. The van der Waals surface area contributed by atoms with Crippen molar-refractivity contribution in [2.24, 2.45) is 0 Å². The van der Waals surface area contributed by atoms with Gasteiger partial charge in [0.25, 0.3) is 0 Å². The molecule has 0 radical (unpaired) electrons. The molecule has 0 bridgehead atoms. The Labute approximate surface area is 182 Å². The van der Waals surface area contributed by atoms with Crippen molar-refractivity contribution < 1.29 is 22.1 Å². The van der Waals surface area contributed by atoms with Gasteiger partial charge in [-0.25, -0.2) is 17.9 Å². The third-order valence-corrected chi connectivity index (χ3v) is 6.68. The molecule has 2 aromatic heterocycles. The highest BCUT2D eigenvalue weighted by Gasteiger charge is 2.29. The highest BCUT2D eigenvalue weighted by molar-refractivity contribution is 7.89. The van der Waals surface area contributed by atoms with E-state index in [1.165, 1.54) is 22.8 Å². The van der Waals surface area contributed by atoms with Crippen LogP contribution in [0.5, 0.6) is 5.75 Å². The van der Waals surface area contributed by atoms with Crippen LogP contribution in [0.4, 0.5) is 0 Å². The van der Waals surface area contributed by atoms with E-state index in [0.717, 1.165) is 18.4 Å². The number of sulfonamides is 1. The molecule has 1 aliphatic rings. The van der Waals surface area contributed by atoms with E-state index in [0.29, 0.717) is 28.9 Å². The van der Waals surface area contributed by atoms with Gasteiger partial charge in [0.2, 0.25) is 15.9 Å². The van der Waals surface area contributed by atoms with Gasteiger partial charge in [-0.05, 0) is 42.7 Å². The van der Waals surface area contributed by atoms with Crippen molar-refractivity contribution in [3.63, 3.8) is 0 Å². The molecular formula is C21H20N4O6S. The van der Waals surface area contributed by atoms with E-state index >= 15 is 0 Å². The fraction of sp³-hybridized carbons (Fsp3) is 0.286. The summed E-state index contributed by atoms with van der Waals surface area (Å²) in [6.45, 7) is 0.181. The minimum atomic E-state index is -3.82. The maximum absolute atomic E-state index is 12.7. The summed E-state index contributed by atoms with van der Waals surface area (Å²) < 4.78 is 45.0. The summed E-state index contributed by atoms with van der Waals surface area (Å²) in [5.74, 6) is 1.32. The summed E-state index contributed by atoms with van der Waals surface area (Å²) in [5, 5.41) is 3.92. The predicted molar refractivity (Wildman–Crippen MR) is 113 cm³/mol. The van der Waals surface area contributed by atoms with Gasteiger partial charge in [-0.2, -0.15) is 4.98 Å². The normalized spacial score (nSPS) is 14.2. The number of ether oxygens (including phenoxy) is 1. The van der Waals surface area contributed by atoms with Crippen LogP contribution in [-0.2, 0) is 23.1 Å². The van der Waals surface area contributed by atoms with Gasteiger partial charge in [-0.1, -0.05) is 17.3 Å². The van der Waals surface area contributed by atoms with E-state index in [1.807, 2.05) is 0 Å². The largest absolute Gasteiger partial charge is 0.497 e. The fourth-order valence-electron chi connectivity index (χ4n) is 3.34. The molecule has 0 unspecified atom stereocenters. The van der Waals surface area contributed by atoms with Gasteiger partial charge in [-0.15, -0.1) is 0 Å². The SMILES string of the molecule is COc1ccc(CNS(=O)(=O)c2ccc3c(c2)oc(=O)n3Cc2noc(C3CC3)n2)cc1. The third-order valence-electron chi connectivity index (χ3n) is 5.29. The molecule has 0 spiro atoms. The summed E-state index contributed by atoms with van der Waals surface area (Å²) in [7, 11) is -2.26. The van der Waals surface area contributed by atoms with Gasteiger partial charge in [0.1, 0.15) is 5.75 Å². The first-order chi connectivity index (χ1) is 15.4. The van der Waals surface area contributed by atoms with Crippen LogP contribution >= 0.6 is 0 Å². The molecule has 0 saturated heterocycles. The molecule has 0 amide bonds. The van der Waals surface area contributed by atoms with E-state index in [1.54, 1.807) is 31.4 Å². The average molecular weight is 456 g/mol. The van der Waals surface area contributed by atoms with E-state index in [-0.39, 0.29) is 23.6 Å². The molecule has 2 aromatic carbocycles. The highest BCUT2D eigenvalue weighted by Crippen LogP contribution is 2.38. The van der Waals surface area contributed by atoms with Gasteiger partial charge >= 0.3 is 5.76 Å². The lowest BCUT2D eigenvalue weighted by Crippen LogP contribution is -2.23. The average Bonchev–Trinajstić information content (AvgIpc) is 3.46. The smallest absolute Gasteiger partial charge is 0.420 e. The number of nitrogens with one attached hydrogen (secondary N) is 1. The molecular weight excluding hydrogens is 436 g/mol. The molecule has 11 heteroatoms. The quantitative estimate of drug-likeness (QED) is 0.428. The van der Waals surface area contributed by atoms with Crippen LogP contribution in [0.3, 0.4) is 0 Å². The van der Waals surface area contributed by atoms with Gasteiger partial charge in [0, 0.05) is 18.5 Å². The number of methoxy groups -OCH3 is 1. The molecule has 32 heavy (non-hydrogen) atoms. The van der Waals surface area contributed by atoms with Crippen LogP contribution in [0.2, 0.25) is 0 Å². The van der Waals surface area contributed by atoms with Crippen LogP contribution < -0.4 is 15.2 Å². The van der Waals surface area contributed by atoms with Crippen LogP contribution in [0, 0.1) is 0 Å². The van der Waals surface area contributed by atoms with E-state index in [4.69, 9.17) is 13.7 Å². The summed E-state index contributed by atoms with van der Waals surface area (Å²) in [6, 6.07) is 11.3. The second kappa shape index (κ2) is 7.92. The van der Waals surface area contributed by atoms with Crippen molar-refractivity contribution in [2.45, 2.75) is 36.7 Å². The second-order valence-electron chi connectivity index (χ2n) is 7.58. The van der Waals surface area contributed by atoms with Gasteiger partial charge < -0.3 is 13.7 Å². The standard InChI is InChI=1S/C21H20N4O6S/c1-29-15-6-2-13(3-7-15)11-22-32(27,28)16-8-9-17-18(10-16)30-21(26)25(17)12-19-23-20(31-24-19)14-4-5-14/h2-3,6-10,14,22H,4-5,11-12H2,1H3. The van der Waals surface area contributed by atoms with E-state index in [2.05, 4.69) is 14.9 Å². The Hall–Kier alpha value is -3.44. The summed E-state index contributed by atoms with van der Waals surface area (Å²) in [6.07, 6.45) is 2.06. The van der Waals surface area contributed by atoms with Crippen molar-refractivity contribution in [1.82, 2.24) is 19.4 Å². The zero-order valence-electron chi connectivity index (χ0n) is 17.1. The number of rotatable bonds is 8. The van der Waals surface area contributed by atoms with Gasteiger partial charge in [0.15, 0.2) is 11.4 Å². The van der Waals surface area contributed by atoms with E-state index in [9.17, 15) is 13.2 Å².